The van der Waals surface area contributed by atoms with Crippen LogP contribution in [0.2, 0.25) is 26.2 Å². The molecule has 0 aromatic rings. The van der Waals surface area contributed by atoms with Crippen LogP contribution in [0.15, 0.2) is 0 Å². The minimum atomic E-state index is -1.47. The highest BCUT2D eigenvalue weighted by molar-refractivity contribution is 6.65. The van der Waals surface area contributed by atoms with Crippen LogP contribution in [0.3, 0.4) is 0 Å². The fourth-order valence-corrected chi connectivity index (χ4v) is 9.40. The van der Waals surface area contributed by atoms with Crippen LogP contribution in [0.1, 0.15) is 0 Å². The van der Waals surface area contributed by atoms with E-state index in [1.165, 1.54) is 0 Å². The molecule has 0 bridgehead atoms. The van der Waals surface area contributed by atoms with E-state index in [0.29, 0.717) is 0 Å². The molecule has 0 aromatic carbocycles. The minimum Gasteiger partial charge on any atom is -0.444 e. The highest BCUT2D eigenvalue weighted by Gasteiger charge is 2.16. The topological polar surface area (TPSA) is 36.9 Å². The van der Waals surface area contributed by atoms with Crippen molar-refractivity contribution in [3.05, 3.63) is 0 Å². The van der Waals surface area contributed by atoms with E-state index >= 15 is 0 Å². The van der Waals surface area contributed by atoms with Crippen molar-refractivity contribution < 1.29 is 16.8 Å². The Morgan fingerprint density at radius 1 is 0.923 bits per heavy atom. The van der Waals surface area contributed by atoms with E-state index in [-0.39, 0.29) is 9.76 Å². The highest BCUT2D eigenvalue weighted by Crippen LogP contribution is 1.97. The van der Waals surface area contributed by atoms with Crippen molar-refractivity contribution >= 4 is 37.6 Å². The molecule has 13 heavy (non-hydrogen) atoms. The summed E-state index contributed by atoms with van der Waals surface area (Å²) < 4.78 is 21.9. The van der Waals surface area contributed by atoms with Crippen molar-refractivity contribution in [2.75, 3.05) is 7.11 Å². The van der Waals surface area contributed by atoms with Crippen LogP contribution >= 0.6 is 0 Å². The van der Waals surface area contributed by atoms with Gasteiger partial charge in [0.05, 0.1) is 0 Å². The van der Waals surface area contributed by atoms with E-state index in [4.69, 9.17) is 16.8 Å². The molecule has 0 aliphatic heterocycles. The van der Waals surface area contributed by atoms with E-state index in [1.807, 2.05) is 13.1 Å². The summed E-state index contributed by atoms with van der Waals surface area (Å²) in [7, 11) is -2.88. The van der Waals surface area contributed by atoms with E-state index in [0.717, 1.165) is 0 Å². The minimum absolute atomic E-state index is 0.325. The summed E-state index contributed by atoms with van der Waals surface area (Å²) >= 11 is 0. The zero-order valence-corrected chi connectivity index (χ0v) is 14.0. The first-order valence-corrected chi connectivity index (χ1v) is 12.8. The molecule has 3 atom stereocenters. The monoisotopic (exact) mass is 256 g/mol. The molecule has 3 unspecified atom stereocenters. The Bertz CT molecular complexity index is 127. The maximum absolute atomic E-state index is 5.69. The molecule has 0 heterocycles. The largest absolute Gasteiger partial charge is 0.444 e. The molecule has 0 saturated heterocycles. The third-order valence-electron chi connectivity index (χ3n) is 1.50. The third kappa shape index (κ3) is 7.75. The molecule has 4 nitrogen and oxygen atoms in total. The molecular weight excluding hydrogens is 236 g/mol. The molecule has 0 spiro atoms. The molecule has 80 valence electrons. The van der Waals surface area contributed by atoms with Gasteiger partial charge in [-0.05, 0) is 19.6 Å². The second kappa shape index (κ2) is 8.05. The first-order valence-electron chi connectivity index (χ1n) is 4.55. The van der Waals surface area contributed by atoms with Crippen LogP contribution in [0, 0.1) is 0 Å². The Balaban J connectivity index is 3.54. The van der Waals surface area contributed by atoms with E-state index < -0.39 is 27.9 Å². The Labute approximate surface area is 88.0 Å². The number of rotatable bonds is 7. The zero-order chi connectivity index (χ0) is 10.3. The van der Waals surface area contributed by atoms with Crippen LogP contribution < -0.4 is 0 Å². The fraction of sp³-hybridized carbons (Fsp3) is 1.00. The summed E-state index contributed by atoms with van der Waals surface area (Å²) in [6, 6.07) is 0. The predicted octanol–water partition coefficient (Wildman–Crippen LogP) is -0.635. The molecule has 0 aromatic heterocycles. The lowest BCUT2D eigenvalue weighted by atomic mass is 11.8. The quantitative estimate of drug-likeness (QED) is 0.568. The van der Waals surface area contributed by atoms with Gasteiger partial charge >= 0.3 is 9.28 Å². The van der Waals surface area contributed by atoms with Crippen LogP contribution in [0.4, 0.5) is 0 Å². The van der Waals surface area contributed by atoms with Crippen LogP contribution in [0.25, 0.3) is 0 Å². The van der Waals surface area contributed by atoms with Gasteiger partial charge in [-0.2, -0.15) is 0 Å². The Morgan fingerprint density at radius 2 is 1.46 bits per heavy atom. The van der Waals surface area contributed by atoms with Crippen molar-refractivity contribution in [2.45, 2.75) is 26.2 Å². The normalized spacial score (nSPS) is 19.2. The van der Waals surface area contributed by atoms with Crippen LogP contribution in [-0.4, -0.2) is 44.7 Å². The van der Waals surface area contributed by atoms with Crippen molar-refractivity contribution in [1.82, 2.24) is 0 Å². The average molecular weight is 257 g/mol. The first kappa shape index (κ1) is 13.7. The lowest BCUT2D eigenvalue weighted by molar-refractivity contribution is 0.310. The van der Waals surface area contributed by atoms with Gasteiger partial charge in [0.25, 0.3) is 18.6 Å². The maximum atomic E-state index is 5.69. The molecule has 0 saturated carbocycles. The van der Waals surface area contributed by atoms with Crippen molar-refractivity contribution in [1.29, 1.82) is 0 Å². The van der Waals surface area contributed by atoms with Gasteiger partial charge in [0.15, 0.2) is 0 Å². The van der Waals surface area contributed by atoms with Crippen molar-refractivity contribution in [3.8, 4) is 0 Å². The second-order valence-corrected chi connectivity index (χ2v) is 10.6. The van der Waals surface area contributed by atoms with Crippen LogP contribution in [0.5, 0.6) is 0 Å². The Hall–Kier alpha value is 0.708. The van der Waals surface area contributed by atoms with E-state index in [9.17, 15) is 0 Å². The highest BCUT2D eigenvalue weighted by atomic mass is 28.4. The maximum Gasteiger partial charge on any atom is 0.308 e. The van der Waals surface area contributed by atoms with Crippen molar-refractivity contribution in [3.63, 3.8) is 0 Å². The third-order valence-corrected chi connectivity index (χ3v) is 11.5. The molecule has 0 amide bonds. The summed E-state index contributed by atoms with van der Waals surface area (Å²) in [5, 5.41) is 0. The summed E-state index contributed by atoms with van der Waals surface area (Å²) in [6.45, 7) is 8.22. The second-order valence-electron chi connectivity index (χ2n) is 2.67. The van der Waals surface area contributed by atoms with Crippen LogP contribution in [-0.2, 0) is 16.8 Å². The van der Waals surface area contributed by atoms with E-state index in [2.05, 4.69) is 13.1 Å². The van der Waals surface area contributed by atoms with Gasteiger partial charge in [-0.3, -0.25) is 0 Å². The fourth-order valence-electron chi connectivity index (χ4n) is 0.901. The first-order chi connectivity index (χ1) is 6.10. The molecule has 8 heteroatoms. The van der Waals surface area contributed by atoms with Gasteiger partial charge in [-0.1, -0.05) is 6.55 Å². The molecule has 0 fully saturated rings. The van der Waals surface area contributed by atoms with Crippen molar-refractivity contribution in [2.24, 2.45) is 0 Å². The van der Waals surface area contributed by atoms with Gasteiger partial charge in [-0.15, -0.1) is 0 Å². The lowest BCUT2D eigenvalue weighted by Gasteiger charge is -2.20. The molecule has 0 N–H and O–H groups in total. The Morgan fingerprint density at radius 3 is 1.92 bits per heavy atom. The standard InChI is InChI=1S/C5H20O4Si4/c1-6-11(3)8-13(5)9-12(4)7-10-2/h11-13H,10H2,1-5H3. The van der Waals surface area contributed by atoms with Gasteiger partial charge in [0, 0.05) is 7.11 Å². The van der Waals surface area contributed by atoms with E-state index in [1.54, 1.807) is 7.11 Å². The molecule has 0 aliphatic rings. The number of hydrogen-bond donors (Lipinski definition) is 0. The summed E-state index contributed by atoms with van der Waals surface area (Å²) in [5.41, 5.74) is 0. The number of hydrogen-bond acceptors (Lipinski definition) is 4. The zero-order valence-electron chi connectivity index (χ0n) is 9.07. The summed E-state index contributed by atoms with van der Waals surface area (Å²) in [4.78, 5) is 0. The molecular formula is C5H20O4Si4. The van der Waals surface area contributed by atoms with Gasteiger partial charge in [-0.25, -0.2) is 0 Å². The van der Waals surface area contributed by atoms with Gasteiger partial charge in [0.2, 0.25) is 0 Å². The average Bonchev–Trinajstić information content (AvgIpc) is 2.04. The SMILES string of the molecule is CO[SiH](C)O[SiH](C)O[SiH](C)O[SiH2]C. The molecule has 0 radical (unpaired) electrons. The molecule has 0 rings (SSSR count). The van der Waals surface area contributed by atoms with Gasteiger partial charge < -0.3 is 16.8 Å². The Kier molecular flexibility index (Phi) is 8.49. The van der Waals surface area contributed by atoms with Gasteiger partial charge in [0.1, 0.15) is 9.76 Å². The lowest BCUT2D eigenvalue weighted by Crippen LogP contribution is -2.34. The summed E-state index contributed by atoms with van der Waals surface area (Å²) in [6.07, 6.45) is 0. The summed E-state index contributed by atoms with van der Waals surface area (Å²) in [5.74, 6) is 0. The smallest absolute Gasteiger partial charge is 0.308 e. The predicted molar refractivity (Wildman–Crippen MR) is 63.7 cm³/mol. The molecule has 0 aliphatic carbocycles.